The van der Waals surface area contributed by atoms with Gasteiger partial charge in [0.05, 0.1) is 5.41 Å². The molecule has 3 rings (SSSR count). The summed E-state index contributed by atoms with van der Waals surface area (Å²) in [5.74, 6) is 1.82. The van der Waals surface area contributed by atoms with Crippen LogP contribution in [0.3, 0.4) is 0 Å². The highest BCUT2D eigenvalue weighted by Crippen LogP contribution is 2.58. The van der Waals surface area contributed by atoms with Gasteiger partial charge in [-0.25, -0.2) is 0 Å². The highest BCUT2D eigenvalue weighted by Gasteiger charge is 2.54. The highest BCUT2D eigenvalue weighted by molar-refractivity contribution is 6.58. The summed E-state index contributed by atoms with van der Waals surface area (Å²) >= 11 is 0. The lowest BCUT2D eigenvalue weighted by Crippen LogP contribution is -2.50. The van der Waals surface area contributed by atoms with E-state index in [-0.39, 0.29) is 11.3 Å². The Labute approximate surface area is 130 Å². The van der Waals surface area contributed by atoms with Crippen LogP contribution >= 0.6 is 0 Å². The molecule has 2 saturated carbocycles. The van der Waals surface area contributed by atoms with E-state index in [1.807, 2.05) is 0 Å². The molecule has 3 aliphatic carbocycles. The van der Waals surface area contributed by atoms with Gasteiger partial charge in [0.15, 0.2) is 0 Å². The molecule has 0 spiro atoms. The summed E-state index contributed by atoms with van der Waals surface area (Å²) in [5, 5.41) is 0. The van der Waals surface area contributed by atoms with Crippen molar-refractivity contribution in [2.75, 3.05) is 0 Å². The Bertz CT molecular complexity index is 450. The fourth-order valence-electron chi connectivity index (χ4n) is 5.55. The van der Waals surface area contributed by atoms with Gasteiger partial charge in [-0.05, 0) is 42.6 Å². The average Bonchev–Trinajstić information content (AvgIpc) is 2.90. The molecular formula is C18H29NOSi. The van der Waals surface area contributed by atoms with Gasteiger partial charge in [-0.2, -0.15) is 0 Å². The maximum Gasteiger partial charge on any atom is 0.223 e. The molecule has 0 aromatic rings. The largest absolute Gasteiger partial charge is 0.369 e. The molecule has 4 unspecified atom stereocenters. The van der Waals surface area contributed by atoms with Gasteiger partial charge in [0, 0.05) is 8.80 Å². The van der Waals surface area contributed by atoms with Gasteiger partial charge in [-0.1, -0.05) is 56.7 Å². The van der Waals surface area contributed by atoms with Crippen molar-refractivity contribution >= 4 is 14.7 Å². The lowest BCUT2D eigenvalue weighted by atomic mass is 9.63. The van der Waals surface area contributed by atoms with Crippen molar-refractivity contribution in [3.8, 4) is 0 Å². The van der Waals surface area contributed by atoms with Gasteiger partial charge in [0.25, 0.3) is 0 Å². The molecule has 4 atom stereocenters. The van der Waals surface area contributed by atoms with Gasteiger partial charge < -0.3 is 5.73 Å². The van der Waals surface area contributed by atoms with E-state index >= 15 is 0 Å². The van der Waals surface area contributed by atoms with Crippen molar-refractivity contribution in [1.29, 1.82) is 0 Å². The molecule has 0 heterocycles. The van der Waals surface area contributed by atoms with Crippen molar-refractivity contribution in [2.45, 2.75) is 57.2 Å². The quantitative estimate of drug-likeness (QED) is 0.794. The highest BCUT2D eigenvalue weighted by atomic mass is 28.3. The second-order valence-electron chi connectivity index (χ2n) is 7.77. The van der Waals surface area contributed by atoms with Gasteiger partial charge in [0.1, 0.15) is 0 Å². The van der Waals surface area contributed by atoms with E-state index in [0.717, 1.165) is 6.42 Å². The molecule has 0 aromatic heterocycles. The van der Waals surface area contributed by atoms with E-state index < -0.39 is 8.80 Å². The Morgan fingerprint density at radius 2 is 1.76 bits per heavy atom. The number of fused-ring (bicyclic) bond motifs is 1. The summed E-state index contributed by atoms with van der Waals surface area (Å²) in [6, 6.07) is 0. The Morgan fingerprint density at radius 1 is 1.14 bits per heavy atom. The maximum atomic E-state index is 12.6. The second kappa shape index (κ2) is 5.75. The molecule has 1 amide bonds. The van der Waals surface area contributed by atoms with Crippen LogP contribution in [0.4, 0.5) is 0 Å². The number of primary amides is 1. The third-order valence-electron chi connectivity index (χ3n) is 6.50. The molecule has 21 heavy (non-hydrogen) atoms. The van der Waals surface area contributed by atoms with Crippen molar-refractivity contribution in [1.82, 2.24) is 0 Å². The van der Waals surface area contributed by atoms with Gasteiger partial charge in [-0.15, -0.1) is 0 Å². The standard InChI is InChI=1S/C18H29NOSi/c1-21(2)16-9-5-6-10-18(16,17(19)20)15-11-13-7-3-4-8-14(13)12-15/h3-4,7-8,13-16,21H,5-6,9-12H2,1-2H3,(H2,19,20). The first-order valence-electron chi connectivity index (χ1n) is 8.70. The lowest BCUT2D eigenvalue weighted by Gasteiger charge is -2.48. The molecule has 2 fully saturated rings. The van der Waals surface area contributed by atoms with Crippen LogP contribution in [0.2, 0.25) is 18.6 Å². The van der Waals surface area contributed by atoms with Crippen LogP contribution in [0, 0.1) is 23.2 Å². The van der Waals surface area contributed by atoms with Crippen LogP contribution in [0.5, 0.6) is 0 Å². The number of rotatable bonds is 3. The summed E-state index contributed by atoms with van der Waals surface area (Å²) in [7, 11) is -0.869. The van der Waals surface area contributed by atoms with E-state index in [4.69, 9.17) is 5.73 Å². The van der Waals surface area contributed by atoms with Crippen LogP contribution in [0.15, 0.2) is 24.3 Å². The van der Waals surface area contributed by atoms with E-state index in [9.17, 15) is 4.79 Å². The van der Waals surface area contributed by atoms with E-state index in [2.05, 4.69) is 37.4 Å². The Kier molecular flexibility index (Phi) is 4.13. The van der Waals surface area contributed by atoms with Crippen LogP contribution < -0.4 is 5.73 Å². The van der Waals surface area contributed by atoms with Crippen molar-refractivity contribution < 1.29 is 4.79 Å². The summed E-state index contributed by atoms with van der Waals surface area (Å²) < 4.78 is 0. The predicted molar refractivity (Wildman–Crippen MR) is 90.7 cm³/mol. The molecule has 0 aliphatic heterocycles. The number of nitrogens with two attached hydrogens (primary N) is 1. The van der Waals surface area contributed by atoms with Crippen LogP contribution in [-0.4, -0.2) is 14.7 Å². The van der Waals surface area contributed by atoms with Gasteiger partial charge in [0.2, 0.25) is 5.91 Å². The number of hydrogen-bond acceptors (Lipinski definition) is 1. The molecular weight excluding hydrogens is 274 g/mol. The molecule has 3 heteroatoms. The first-order chi connectivity index (χ1) is 10.1. The third kappa shape index (κ3) is 2.43. The average molecular weight is 304 g/mol. The first kappa shape index (κ1) is 15.1. The summed E-state index contributed by atoms with van der Waals surface area (Å²) in [5.41, 5.74) is 6.48. The van der Waals surface area contributed by atoms with Gasteiger partial charge >= 0.3 is 0 Å². The first-order valence-corrected chi connectivity index (χ1v) is 11.7. The smallest absolute Gasteiger partial charge is 0.223 e. The van der Waals surface area contributed by atoms with Crippen molar-refractivity contribution in [3.05, 3.63) is 24.3 Å². The van der Waals surface area contributed by atoms with Gasteiger partial charge in [-0.3, -0.25) is 4.79 Å². The van der Waals surface area contributed by atoms with Crippen LogP contribution in [-0.2, 0) is 4.79 Å². The molecule has 0 saturated heterocycles. The SMILES string of the molecule is C[SiH](C)C1CCCCC1(C(N)=O)C1CC2C=CC=CC2C1. The zero-order valence-electron chi connectivity index (χ0n) is 13.4. The molecule has 2 nitrogen and oxygen atoms in total. The molecule has 3 aliphatic rings. The number of carbonyl (C=O) groups excluding carboxylic acids is 1. The number of amides is 1. The molecule has 0 bridgehead atoms. The molecule has 0 aromatic carbocycles. The van der Waals surface area contributed by atoms with E-state index in [1.165, 1.54) is 32.1 Å². The minimum atomic E-state index is -0.869. The minimum Gasteiger partial charge on any atom is -0.369 e. The fourth-order valence-corrected chi connectivity index (χ4v) is 8.24. The maximum absolute atomic E-state index is 12.6. The zero-order chi connectivity index (χ0) is 15.0. The Balaban J connectivity index is 1.92. The summed E-state index contributed by atoms with van der Waals surface area (Å²) in [6.07, 6.45) is 16.2. The summed E-state index contributed by atoms with van der Waals surface area (Å²) in [6.45, 7) is 4.82. The Morgan fingerprint density at radius 3 is 2.29 bits per heavy atom. The fraction of sp³-hybridized carbons (Fsp3) is 0.722. The number of hydrogen-bond donors (Lipinski definition) is 1. The molecule has 2 N–H and O–H groups in total. The predicted octanol–water partition coefficient (Wildman–Crippen LogP) is 3.66. The van der Waals surface area contributed by atoms with E-state index in [1.54, 1.807) is 0 Å². The Hall–Kier alpha value is -0.833. The monoisotopic (exact) mass is 303 g/mol. The molecule has 116 valence electrons. The third-order valence-corrected chi connectivity index (χ3v) is 9.04. The second-order valence-corrected chi connectivity index (χ2v) is 11.1. The zero-order valence-corrected chi connectivity index (χ0v) is 14.6. The number of allylic oxidation sites excluding steroid dienone is 4. The van der Waals surface area contributed by atoms with Crippen LogP contribution in [0.1, 0.15) is 38.5 Å². The normalized spacial score (nSPS) is 42.2. The summed E-state index contributed by atoms with van der Waals surface area (Å²) in [4.78, 5) is 12.6. The van der Waals surface area contributed by atoms with Crippen molar-refractivity contribution in [3.63, 3.8) is 0 Å². The van der Waals surface area contributed by atoms with Crippen LogP contribution in [0.25, 0.3) is 0 Å². The molecule has 0 radical (unpaired) electrons. The number of carbonyl (C=O) groups is 1. The topological polar surface area (TPSA) is 43.1 Å². The minimum absolute atomic E-state index is 0.0185. The van der Waals surface area contributed by atoms with E-state index in [0.29, 0.717) is 23.3 Å². The van der Waals surface area contributed by atoms with Crippen molar-refractivity contribution in [2.24, 2.45) is 28.9 Å². The lowest BCUT2D eigenvalue weighted by molar-refractivity contribution is -0.133.